The SMILES string of the molecule is O=C(N[C@H]1CC[C@@H](C(=O)O)C1)C1Cc2ccccc2O1. The maximum atomic E-state index is 12.2. The molecule has 3 atom stereocenters. The molecule has 5 nitrogen and oxygen atoms in total. The van der Waals surface area contributed by atoms with E-state index in [0.717, 1.165) is 17.7 Å². The highest BCUT2D eigenvalue weighted by atomic mass is 16.5. The van der Waals surface area contributed by atoms with E-state index >= 15 is 0 Å². The minimum Gasteiger partial charge on any atom is -0.481 e. The van der Waals surface area contributed by atoms with Crippen molar-refractivity contribution in [3.63, 3.8) is 0 Å². The number of carbonyl (C=O) groups excluding carboxylic acids is 1. The maximum absolute atomic E-state index is 12.2. The summed E-state index contributed by atoms with van der Waals surface area (Å²) in [5.74, 6) is -0.479. The Labute approximate surface area is 116 Å². The normalized spacial score (nSPS) is 27.7. The molecule has 3 rings (SSSR count). The van der Waals surface area contributed by atoms with E-state index in [1.807, 2.05) is 24.3 Å². The molecule has 1 unspecified atom stereocenters. The van der Waals surface area contributed by atoms with Crippen molar-refractivity contribution in [3.05, 3.63) is 29.8 Å². The third-order valence-electron chi connectivity index (χ3n) is 4.07. The van der Waals surface area contributed by atoms with Crippen molar-refractivity contribution in [1.29, 1.82) is 0 Å². The number of ether oxygens (including phenoxy) is 1. The fraction of sp³-hybridized carbons (Fsp3) is 0.467. The van der Waals surface area contributed by atoms with Crippen molar-refractivity contribution in [3.8, 4) is 5.75 Å². The number of hydrogen-bond donors (Lipinski definition) is 2. The van der Waals surface area contributed by atoms with Gasteiger partial charge in [0.25, 0.3) is 5.91 Å². The molecule has 1 saturated carbocycles. The van der Waals surface area contributed by atoms with Crippen LogP contribution in [0.1, 0.15) is 24.8 Å². The molecule has 1 aromatic rings. The average Bonchev–Trinajstić information content (AvgIpc) is 3.04. The van der Waals surface area contributed by atoms with Crippen molar-refractivity contribution in [2.45, 2.75) is 37.8 Å². The van der Waals surface area contributed by atoms with Gasteiger partial charge in [0.05, 0.1) is 5.92 Å². The molecule has 1 aliphatic carbocycles. The number of rotatable bonds is 3. The summed E-state index contributed by atoms with van der Waals surface area (Å²) >= 11 is 0. The summed E-state index contributed by atoms with van der Waals surface area (Å²) in [5.41, 5.74) is 1.04. The highest BCUT2D eigenvalue weighted by Crippen LogP contribution is 2.29. The molecule has 0 saturated heterocycles. The highest BCUT2D eigenvalue weighted by Gasteiger charge is 2.34. The largest absolute Gasteiger partial charge is 0.481 e. The van der Waals surface area contributed by atoms with Gasteiger partial charge in [-0.15, -0.1) is 0 Å². The summed E-state index contributed by atoms with van der Waals surface area (Å²) in [7, 11) is 0. The molecule has 106 valence electrons. The Hall–Kier alpha value is -2.04. The monoisotopic (exact) mass is 275 g/mol. The smallest absolute Gasteiger partial charge is 0.306 e. The molecular weight excluding hydrogens is 258 g/mol. The maximum Gasteiger partial charge on any atom is 0.306 e. The van der Waals surface area contributed by atoms with E-state index in [1.54, 1.807) is 0 Å². The van der Waals surface area contributed by atoms with Crippen LogP contribution in [0.2, 0.25) is 0 Å². The van der Waals surface area contributed by atoms with Gasteiger partial charge in [0.15, 0.2) is 6.10 Å². The molecule has 1 aliphatic heterocycles. The van der Waals surface area contributed by atoms with Gasteiger partial charge in [0.2, 0.25) is 0 Å². The predicted molar refractivity (Wildman–Crippen MR) is 71.5 cm³/mol. The fourth-order valence-corrected chi connectivity index (χ4v) is 2.96. The Morgan fingerprint density at radius 2 is 2.05 bits per heavy atom. The lowest BCUT2D eigenvalue weighted by Gasteiger charge is -2.16. The summed E-state index contributed by atoms with van der Waals surface area (Å²) in [6, 6.07) is 7.58. The number of amides is 1. The molecule has 2 aliphatic rings. The number of para-hydroxylation sites is 1. The van der Waals surface area contributed by atoms with Crippen LogP contribution < -0.4 is 10.1 Å². The number of carbonyl (C=O) groups is 2. The van der Waals surface area contributed by atoms with Crippen molar-refractivity contribution in [1.82, 2.24) is 5.32 Å². The van der Waals surface area contributed by atoms with Gasteiger partial charge in [-0.1, -0.05) is 18.2 Å². The molecule has 1 aromatic carbocycles. The Morgan fingerprint density at radius 1 is 1.25 bits per heavy atom. The fourth-order valence-electron chi connectivity index (χ4n) is 2.96. The van der Waals surface area contributed by atoms with Crippen molar-refractivity contribution < 1.29 is 19.4 Å². The summed E-state index contributed by atoms with van der Waals surface area (Å²) in [6.07, 6.45) is 1.96. The van der Waals surface area contributed by atoms with Gasteiger partial charge in [-0.05, 0) is 30.9 Å². The van der Waals surface area contributed by atoms with Crippen molar-refractivity contribution >= 4 is 11.9 Å². The number of aliphatic carboxylic acids is 1. The van der Waals surface area contributed by atoms with Gasteiger partial charge in [-0.2, -0.15) is 0 Å². The van der Waals surface area contributed by atoms with Crippen LogP contribution >= 0.6 is 0 Å². The van der Waals surface area contributed by atoms with Crippen LogP contribution in [0.5, 0.6) is 5.75 Å². The highest BCUT2D eigenvalue weighted by molar-refractivity contribution is 5.83. The Balaban J connectivity index is 1.56. The van der Waals surface area contributed by atoms with Crippen LogP contribution in [0, 0.1) is 5.92 Å². The number of benzene rings is 1. The molecule has 0 bridgehead atoms. The van der Waals surface area contributed by atoms with Gasteiger partial charge in [0.1, 0.15) is 5.75 Å². The number of fused-ring (bicyclic) bond motifs is 1. The van der Waals surface area contributed by atoms with E-state index in [-0.39, 0.29) is 17.9 Å². The zero-order valence-corrected chi connectivity index (χ0v) is 11.0. The van der Waals surface area contributed by atoms with E-state index in [9.17, 15) is 9.59 Å². The lowest BCUT2D eigenvalue weighted by molar-refractivity contribution is -0.141. The lowest BCUT2D eigenvalue weighted by Crippen LogP contribution is -2.42. The van der Waals surface area contributed by atoms with E-state index in [1.165, 1.54) is 0 Å². The minimum atomic E-state index is -0.772. The van der Waals surface area contributed by atoms with E-state index < -0.39 is 12.1 Å². The molecular formula is C15H17NO4. The summed E-state index contributed by atoms with van der Waals surface area (Å²) in [5, 5.41) is 11.9. The zero-order valence-electron chi connectivity index (χ0n) is 11.0. The quantitative estimate of drug-likeness (QED) is 0.873. The van der Waals surface area contributed by atoms with Crippen LogP contribution in [0.3, 0.4) is 0 Å². The van der Waals surface area contributed by atoms with E-state index in [4.69, 9.17) is 9.84 Å². The van der Waals surface area contributed by atoms with Crippen molar-refractivity contribution in [2.75, 3.05) is 0 Å². The average molecular weight is 275 g/mol. The third kappa shape index (κ3) is 2.48. The van der Waals surface area contributed by atoms with Gasteiger partial charge in [-0.25, -0.2) is 0 Å². The van der Waals surface area contributed by atoms with Crippen LogP contribution in [0.4, 0.5) is 0 Å². The standard InChI is InChI=1S/C15H17NO4/c17-14(16-11-6-5-10(7-11)15(18)19)13-8-9-3-1-2-4-12(9)20-13/h1-4,10-11,13H,5-8H2,(H,16,17)(H,18,19)/t10-,11+,13?/m1/s1. The first-order valence-corrected chi connectivity index (χ1v) is 6.91. The number of nitrogens with one attached hydrogen (secondary N) is 1. The molecule has 1 amide bonds. The Bertz CT molecular complexity index is 517. The molecule has 0 radical (unpaired) electrons. The Kier molecular flexibility index (Phi) is 3.34. The first-order valence-electron chi connectivity index (χ1n) is 6.91. The molecule has 2 N–H and O–H groups in total. The summed E-state index contributed by atoms with van der Waals surface area (Å²) < 4.78 is 5.62. The summed E-state index contributed by atoms with van der Waals surface area (Å²) in [4.78, 5) is 23.1. The minimum absolute atomic E-state index is 0.0455. The van der Waals surface area contributed by atoms with E-state index in [0.29, 0.717) is 19.3 Å². The molecule has 0 spiro atoms. The summed E-state index contributed by atoms with van der Waals surface area (Å²) in [6.45, 7) is 0. The van der Waals surface area contributed by atoms with Gasteiger partial charge in [0, 0.05) is 12.5 Å². The van der Waals surface area contributed by atoms with Gasteiger partial charge >= 0.3 is 5.97 Å². The number of hydrogen-bond acceptors (Lipinski definition) is 3. The van der Waals surface area contributed by atoms with E-state index in [2.05, 4.69) is 5.32 Å². The van der Waals surface area contributed by atoms with Gasteiger partial charge < -0.3 is 15.2 Å². The number of carboxylic acids is 1. The molecule has 1 fully saturated rings. The topological polar surface area (TPSA) is 75.6 Å². The number of carboxylic acid groups (broad SMARTS) is 1. The first-order chi connectivity index (χ1) is 9.63. The zero-order chi connectivity index (χ0) is 14.1. The predicted octanol–water partition coefficient (Wildman–Crippen LogP) is 1.36. The van der Waals surface area contributed by atoms with Gasteiger partial charge in [-0.3, -0.25) is 9.59 Å². The Morgan fingerprint density at radius 3 is 2.75 bits per heavy atom. The second-order valence-corrected chi connectivity index (χ2v) is 5.47. The second-order valence-electron chi connectivity index (χ2n) is 5.47. The molecule has 1 heterocycles. The van der Waals surface area contributed by atoms with Crippen LogP contribution in [0.15, 0.2) is 24.3 Å². The lowest BCUT2D eigenvalue weighted by atomic mass is 10.1. The molecule has 0 aromatic heterocycles. The first kappa shape index (κ1) is 13.0. The van der Waals surface area contributed by atoms with Crippen molar-refractivity contribution in [2.24, 2.45) is 5.92 Å². The third-order valence-corrected chi connectivity index (χ3v) is 4.07. The molecule has 20 heavy (non-hydrogen) atoms. The van der Waals surface area contributed by atoms with Crippen LogP contribution in [-0.4, -0.2) is 29.1 Å². The second kappa shape index (κ2) is 5.15. The van der Waals surface area contributed by atoms with Crippen LogP contribution in [-0.2, 0) is 16.0 Å². The molecule has 5 heteroatoms. The van der Waals surface area contributed by atoms with Crippen LogP contribution in [0.25, 0.3) is 0 Å².